The number of hydrogen-bond donors (Lipinski definition) is 3. The molecule has 0 radical (unpaired) electrons. The standard InChI is InChI=1S/C21H22Cl3N5O2S/c1-13(2)32(30,31)29-21(28-16-6-3-14(22)4-7-16)27-12-18(20-25-9-10-26-20)17-8-5-15(23)11-19(17)24/h3-11,13,18H,12H2,1-2H3,(H,25,26)(H2,27,28,29). The summed E-state index contributed by atoms with van der Waals surface area (Å²) in [5, 5.41) is 3.90. The van der Waals surface area contributed by atoms with Crippen molar-refractivity contribution in [3.63, 3.8) is 0 Å². The Morgan fingerprint density at radius 1 is 1.09 bits per heavy atom. The quantitative estimate of drug-likeness (QED) is 0.294. The Morgan fingerprint density at radius 3 is 2.38 bits per heavy atom. The molecule has 0 bridgehead atoms. The van der Waals surface area contributed by atoms with E-state index in [0.29, 0.717) is 26.6 Å². The second-order valence-electron chi connectivity index (χ2n) is 7.21. The maximum absolute atomic E-state index is 12.5. The number of aliphatic imine (C=N–C) groups is 1. The number of aromatic amines is 1. The van der Waals surface area contributed by atoms with Crippen LogP contribution in [0.5, 0.6) is 0 Å². The van der Waals surface area contributed by atoms with Crippen LogP contribution in [0.4, 0.5) is 5.69 Å². The SMILES string of the molecule is CC(C)S(=O)(=O)NC(=NCC(c1ncc[nH]1)c1ccc(Cl)cc1Cl)Nc1ccc(Cl)cc1. The van der Waals surface area contributed by atoms with Crippen LogP contribution in [0.3, 0.4) is 0 Å². The monoisotopic (exact) mass is 513 g/mol. The van der Waals surface area contributed by atoms with Crippen LogP contribution in [-0.4, -0.2) is 36.1 Å². The van der Waals surface area contributed by atoms with Gasteiger partial charge in [-0.15, -0.1) is 0 Å². The number of nitrogens with zero attached hydrogens (tertiary/aromatic N) is 2. The zero-order chi connectivity index (χ0) is 23.3. The van der Waals surface area contributed by atoms with E-state index in [2.05, 4.69) is 25.0 Å². The molecule has 3 aromatic rings. The van der Waals surface area contributed by atoms with E-state index in [1.165, 1.54) is 0 Å². The molecule has 3 rings (SSSR count). The molecule has 2 aromatic carbocycles. The average molecular weight is 515 g/mol. The highest BCUT2D eigenvalue weighted by Gasteiger charge is 2.22. The van der Waals surface area contributed by atoms with Crippen LogP contribution in [-0.2, 0) is 10.0 Å². The fourth-order valence-electron chi connectivity index (χ4n) is 2.79. The van der Waals surface area contributed by atoms with Crippen LogP contribution < -0.4 is 10.0 Å². The molecule has 1 heterocycles. The number of imidazole rings is 1. The normalized spacial score (nSPS) is 13.2. The van der Waals surface area contributed by atoms with E-state index < -0.39 is 15.3 Å². The highest BCUT2D eigenvalue weighted by molar-refractivity contribution is 7.90. The summed E-state index contributed by atoms with van der Waals surface area (Å²) in [7, 11) is -3.64. The predicted molar refractivity (Wildman–Crippen MR) is 131 cm³/mol. The van der Waals surface area contributed by atoms with Gasteiger partial charge in [-0.25, -0.2) is 13.4 Å². The minimum absolute atomic E-state index is 0.0719. The Bertz CT molecular complexity index is 1180. The van der Waals surface area contributed by atoms with Gasteiger partial charge in [-0.2, -0.15) is 0 Å². The van der Waals surface area contributed by atoms with E-state index in [4.69, 9.17) is 34.8 Å². The largest absolute Gasteiger partial charge is 0.348 e. The van der Waals surface area contributed by atoms with Gasteiger partial charge in [0, 0.05) is 33.1 Å². The zero-order valence-electron chi connectivity index (χ0n) is 17.3. The van der Waals surface area contributed by atoms with Crippen LogP contribution in [0.1, 0.15) is 31.2 Å². The first-order chi connectivity index (χ1) is 15.2. The van der Waals surface area contributed by atoms with Crippen molar-refractivity contribution < 1.29 is 8.42 Å². The number of guanidine groups is 1. The first kappa shape index (κ1) is 24.4. The first-order valence-corrected chi connectivity index (χ1v) is 12.4. The maximum atomic E-state index is 12.5. The van der Waals surface area contributed by atoms with Crippen LogP contribution in [0, 0.1) is 0 Å². The van der Waals surface area contributed by atoms with Crippen LogP contribution in [0.15, 0.2) is 59.9 Å². The van der Waals surface area contributed by atoms with E-state index in [1.54, 1.807) is 68.7 Å². The Balaban J connectivity index is 1.96. The van der Waals surface area contributed by atoms with Gasteiger partial charge in [0.05, 0.1) is 17.7 Å². The summed E-state index contributed by atoms with van der Waals surface area (Å²) in [6.07, 6.45) is 3.33. The van der Waals surface area contributed by atoms with Crippen LogP contribution >= 0.6 is 34.8 Å². The number of halogens is 3. The Kier molecular flexibility index (Phi) is 8.05. The third-order valence-electron chi connectivity index (χ3n) is 4.59. The van der Waals surface area contributed by atoms with Gasteiger partial charge in [-0.3, -0.25) is 9.71 Å². The lowest BCUT2D eigenvalue weighted by molar-refractivity contribution is 0.583. The van der Waals surface area contributed by atoms with Crippen molar-refractivity contribution in [2.45, 2.75) is 25.0 Å². The van der Waals surface area contributed by atoms with Gasteiger partial charge in [-0.05, 0) is 55.8 Å². The summed E-state index contributed by atoms with van der Waals surface area (Å²) in [6, 6.07) is 12.0. The summed E-state index contributed by atoms with van der Waals surface area (Å²) in [5.74, 6) is 0.346. The summed E-state index contributed by atoms with van der Waals surface area (Å²) in [4.78, 5) is 12.0. The molecule has 7 nitrogen and oxygen atoms in total. The van der Waals surface area contributed by atoms with Crippen molar-refractivity contribution in [1.82, 2.24) is 14.7 Å². The fourth-order valence-corrected chi connectivity index (χ4v) is 4.07. The van der Waals surface area contributed by atoms with E-state index >= 15 is 0 Å². The molecular formula is C21H22Cl3N5O2S. The lowest BCUT2D eigenvalue weighted by Crippen LogP contribution is -2.40. The lowest BCUT2D eigenvalue weighted by atomic mass is 9.98. The number of sulfonamides is 1. The molecule has 0 saturated heterocycles. The van der Waals surface area contributed by atoms with Crippen molar-refractivity contribution in [2.75, 3.05) is 11.9 Å². The second kappa shape index (κ2) is 10.6. The molecule has 0 fully saturated rings. The average Bonchev–Trinajstić information content (AvgIpc) is 3.25. The second-order valence-corrected chi connectivity index (χ2v) is 10.7. The van der Waals surface area contributed by atoms with Gasteiger partial charge in [0.15, 0.2) is 0 Å². The topological polar surface area (TPSA) is 99.2 Å². The molecule has 0 aliphatic carbocycles. The predicted octanol–water partition coefficient (Wildman–Crippen LogP) is 5.30. The number of H-pyrrole nitrogens is 1. The summed E-state index contributed by atoms with van der Waals surface area (Å²) >= 11 is 18.4. The number of hydrogen-bond acceptors (Lipinski definition) is 4. The minimum Gasteiger partial charge on any atom is -0.348 e. The molecule has 32 heavy (non-hydrogen) atoms. The fraction of sp³-hybridized carbons (Fsp3) is 0.238. The Labute approximate surface area is 202 Å². The number of anilines is 1. The van der Waals surface area contributed by atoms with E-state index in [-0.39, 0.29) is 18.4 Å². The van der Waals surface area contributed by atoms with Gasteiger partial charge in [-0.1, -0.05) is 40.9 Å². The van der Waals surface area contributed by atoms with Gasteiger partial charge in [0.1, 0.15) is 5.82 Å². The minimum atomic E-state index is -3.64. The highest BCUT2D eigenvalue weighted by Crippen LogP contribution is 2.31. The number of rotatable bonds is 7. The van der Waals surface area contributed by atoms with Gasteiger partial charge < -0.3 is 10.3 Å². The number of aromatic nitrogens is 2. The van der Waals surface area contributed by atoms with Gasteiger partial charge in [0.25, 0.3) is 0 Å². The first-order valence-electron chi connectivity index (χ1n) is 9.68. The molecule has 11 heteroatoms. The molecule has 1 aromatic heterocycles. The highest BCUT2D eigenvalue weighted by atomic mass is 35.5. The van der Waals surface area contributed by atoms with Crippen LogP contribution in [0.25, 0.3) is 0 Å². The van der Waals surface area contributed by atoms with Crippen molar-refractivity contribution in [3.8, 4) is 0 Å². The third kappa shape index (κ3) is 6.38. The van der Waals surface area contributed by atoms with Gasteiger partial charge >= 0.3 is 0 Å². The summed E-state index contributed by atoms with van der Waals surface area (Å²) in [5.41, 5.74) is 1.38. The summed E-state index contributed by atoms with van der Waals surface area (Å²) in [6.45, 7) is 3.33. The zero-order valence-corrected chi connectivity index (χ0v) is 20.4. The van der Waals surface area contributed by atoms with Gasteiger partial charge in [0.2, 0.25) is 16.0 Å². The number of nitrogens with one attached hydrogen (secondary N) is 3. The Hall–Kier alpha value is -2.26. The van der Waals surface area contributed by atoms with E-state index in [9.17, 15) is 8.42 Å². The van der Waals surface area contributed by atoms with E-state index in [1.807, 2.05) is 0 Å². The van der Waals surface area contributed by atoms with Crippen molar-refractivity contribution >= 4 is 56.5 Å². The molecule has 170 valence electrons. The van der Waals surface area contributed by atoms with Crippen LogP contribution in [0.2, 0.25) is 15.1 Å². The molecule has 0 aliphatic heterocycles. The van der Waals surface area contributed by atoms with E-state index in [0.717, 1.165) is 5.56 Å². The summed E-state index contributed by atoms with van der Waals surface area (Å²) < 4.78 is 27.6. The molecule has 1 unspecified atom stereocenters. The maximum Gasteiger partial charge on any atom is 0.237 e. The Morgan fingerprint density at radius 2 is 1.78 bits per heavy atom. The molecule has 0 saturated carbocycles. The molecule has 0 spiro atoms. The molecular weight excluding hydrogens is 493 g/mol. The molecule has 1 atom stereocenters. The van der Waals surface area contributed by atoms with Crippen molar-refractivity contribution in [3.05, 3.63) is 81.3 Å². The van der Waals surface area contributed by atoms with Crippen molar-refractivity contribution in [2.24, 2.45) is 4.99 Å². The lowest BCUT2D eigenvalue weighted by Gasteiger charge is -2.18. The number of benzene rings is 2. The molecule has 3 N–H and O–H groups in total. The molecule has 0 aliphatic rings. The van der Waals surface area contributed by atoms with Crippen molar-refractivity contribution in [1.29, 1.82) is 0 Å². The smallest absolute Gasteiger partial charge is 0.237 e. The molecule has 0 amide bonds. The third-order valence-corrected chi connectivity index (χ3v) is 7.12.